The van der Waals surface area contributed by atoms with Gasteiger partial charge in [0.2, 0.25) is 0 Å². The van der Waals surface area contributed by atoms with Gasteiger partial charge >= 0.3 is 6.18 Å². The molecule has 0 aromatic heterocycles. The Hall–Kier alpha value is -4.01. The molecule has 0 aliphatic heterocycles. The molecule has 0 aliphatic carbocycles. The van der Waals surface area contributed by atoms with Gasteiger partial charge in [0.25, 0.3) is 0 Å². The van der Waals surface area contributed by atoms with E-state index in [1.54, 1.807) is 42.5 Å². The molecule has 0 heterocycles. The molecule has 4 aromatic carbocycles. The first-order chi connectivity index (χ1) is 19.0. The highest BCUT2D eigenvalue weighted by molar-refractivity contribution is 5.84. The zero-order valence-electron chi connectivity index (χ0n) is 21.3. The number of halogens is 7. The van der Waals surface area contributed by atoms with Crippen molar-refractivity contribution in [2.75, 3.05) is 13.2 Å². The minimum atomic E-state index is -4.74. The molecule has 4 aromatic rings. The van der Waals surface area contributed by atoms with Crippen LogP contribution in [0, 0.1) is 23.3 Å². The van der Waals surface area contributed by atoms with Gasteiger partial charge < -0.3 is 9.47 Å². The van der Waals surface area contributed by atoms with E-state index in [1.165, 1.54) is 6.07 Å². The van der Waals surface area contributed by atoms with Gasteiger partial charge in [-0.3, -0.25) is 0 Å². The summed E-state index contributed by atoms with van der Waals surface area (Å²) in [7, 11) is 0. The molecule has 0 N–H and O–H groups in total. The molecule has 40 heavy (non-hydrogen) atoms. The second kappa shape index (κ2) is 12.4. The van der Waals surface area contributed by atoms with E-state index < -0.39 is 36.0 Å². The lowest BCUT2D eigenvalue weighted by Crippen LogP contribution is -2.20. The lowest BCUT2D eigenvalue weighted by molar-refractivity contribution is -0.154. The average Bonchev–Trinajstić information content (AvgIpc) is 2.90. The summed E-state index contributed by atoms with van der Waals surface area (Å²) in [6, 6.07) is 15.0. The number of aryl methyl sites for hydroxylation is 4. The summed E-state index contributed by atoms with van der Waals surface area (Å²) in [6.45, 7) is 2.01. The maximum atomic E-state index is 15.2. The molecule has 0 spiro atoms. The third-order valence-electron chi connectivity index (χ3n) is 6.30. The third kappa shape index (κ3) is 7.34. The van der Waals surface area contributed by atoms with E-state index in [1.807, 2.05) is 6.07 Å². The van der Waals surface area contributed by atoms with Gasteiger partial charge in [-0.05, 0) is 71.5 Å². The molecule has 0 radical (unpaired) electrons. The van der Waals surface area contributed by atoms with E-state index >= 15 is 4.39 Å². The summed E-state index contributed by atoms with van der Waals surface area (Å²) >= 11 is 0. The van der Waals surface area contributed by atoms with Gasteiger partial charge in [0.15, 0.2) is 24.0 Å². The molecule has 0 atom stereocenters. The number of hydrogen-bond acceptors (Lipinski definition) is 2. The van der Waals surface area contributed by atoms with Gasteiger partial charge in [-0.2, -0.15) is 13.2 Å². The van der Waals surface area contributed by atoms with Crippen molar-refractivity contribution in [1.82, 2.24) is 0 Å². The van der Waals surface area contributed by atoms with Gasteiger partial charge in [0.05, 0.1) is 0 Å². The third-order valence-corrected chi connectivity index (χ3v) is 6.30. The van der Waals surface area contributed by atoms with Crippen LogP contribution in [0.25, 0.3) is 10.8 Å². The lowest BCUT2D eigenvalue weighted by Gasteiger charge is -2.12. The first-order valence-electron chi connectivity index (χ1n) is 12.4. The van der Waals surface area contributed by atoms with Crippen LogP contribution in [0.4, 0.5) is 30.7 Å². The molecule has 0 saturated carbocycles. The van der Waals surface area contributed by atoms with Crippen molar-refractivity contribution in [3.05, 3.63) is 119 Å². The summed E-state index contributed by atoms with van der Waals surface area (Å²) < 4.78 is 104. The average molecular weight is 563 g/mol. The Morgan fingerprint density at radius 3 is 2.02 bits per heavy atom. The predicted molar refractivity (Wildman–Crippen MR) is 139 cm³/mol. The molecule has 0 saturated heterocycles. The molecule has 0 bridgehead atoms. The highest BCUT2D eigenvalue weighted by Gasteiger charge is 2.30. The van der Waals surface area contributed by atoms with Crippen molar-refractivity contribution in [3.8, 4) is 11.5 Å². The second-order valence-corrected chi connectivity index (χ2v) is 9.24. The Balaban J connectivity index is 1.41. The van der Waals surface area contributed by atoms with Crippen LogP contribution in [0.2, 0.25) is 0 Å². The second-order valence-electron chi connectivity index (χ2n) is 9.24. The summed E-state index contributed by atoms with van der Waals surface area (Å²) in [4.78, 5) is 0. The Bertz CT molecular complexity index is 1490. The fraction of sp³-hybridized carbons (Fsp3) is 0.226. The van der Waals surface area contributed by atoms with Crippen molar-refractivity contribution in [1.29, 1.82) is 0 Å². The lowest BCUT2D eigenvalue weighted by atomic mass is 9.97. The highest BCUT2D eigenvalue weighted by Crippen LogP contribution is 2.28. The van der Waals surface area contributed by atoms with Crippen LogP contribution >= 0.6 is 0 Å². The zero-order chi connectivity index (χ0) is 28.9. The van der Waals surface area contributed by atoms with E-state index in [0.717, 1.165) is 17.7 Å². The van der Waals surface area contributed by atoms with E-state index in [4.69, 9.17) is 4.74 Å². The fourth-order valence-electron chi connectivity index (χ4n) is 4.32. The summed E-state index contributed by atoms with van der Waals surface area (Å²) in [5, 5.41) is 1.01. The molecule has 210 valence electrons. The molecular formula is C31H25F7O2. The van der Waals surface area contributed by atoms with Gasteiger partial charge in [-0.15, -0.1) is 0 Å². The van der Waals surface area contributed by atoms with Gasteiger partial charge in [0, 0.05) is 11.5 Å². The summed E-state index contributed by atoms with van der Waals surface area (Å²) in [6.07, 6.45) is -2.04. The predicted octanol–water partition coefficient (Wildman–Crippen LogP) is 8.47. The standard InChI is InChI=1S/C31H25F7O2/c1-2-13-39-24-11-10-21(26(32)17-24)6-3-19-5-12-25-23(14-19)9-8-22(29(25)35)7-4-20-15-27(33)30(28(34)16-20)40-18-31(36,37)38/h2,5,8-12,14-17H,1,3-4,6-7,13,18H2. The highest BCUT2D eigenvalue weighted by atomic mass is 19.4. The summed E-state index contributed by atoms with van der Waals surface area (Å²) in [5.74, 6) is -4.06. The SMILES string of the molecule is C=CCOc1ccc(CCc2ccc3c(F)c(CCc4cc(F)c(OCC(F)(F)F)c(F)c4)ccc3c2)c(F)c1. The van der Waals surface area contributed by atoms with E-state index in [-0.39, 0.29) is 30.8 Å². The topological polar surface area (TPSA) is 18.5 Å². The minimum Gasteiger partial charge on any atom is -0.489 e. The first kappa shape index (κ1) is 29.0. The smallest absolute Gasteiger partial charge is 0.422 e. The number of benzene rings is 4. The van der Waals surface area contributed by atoms with Crippen LogP contribution in [0.5, 0.6) is 11.5 Å². The number of ether oxygens (including phenoxy) is 2. The minimum absolute atomic E-state index is 0.0525. The molecule has 2 nitrogen and oxygen atoms in total. The van der Waals surface area contributed by atoms with Crippen molar-refractivity contribution in [2.45, 2.75) is 31.9 Å². The largest absolute Gasteiger partial charge is 0.489 e. The molecule has 0 amide bonds. The maximum absolute atomic E-state index is 15.2. The van der Waals surface area contributed by atoms with E-state index in [9.17, 15) is 26.3 Å². The Kier molecular flexibility index (Phi) is 9.02. The van der Waals surface area contributed by atoms with Crippen LogP contribution in [0.3, 0.4) is 0 Å². The van der Waals surface area contributed by atoms with Crippen molar-refractivity contribution in [3.63, 3.8) is 0 Å². The van der Waals surface area contributed by atoms with E-state index in [0.29, 0.717) is 40.5 Å². The zero-order valence-corrected chi connectivity index (χ0v) is 21.3. The van der Waals surface area contributed by atoms with Crippen molar-refractivity contribution in [2.24, 2.45) is 0 Å². The Morgan fingerprint density at radius 2 is 1.35 bits per heavy atom. The van der Waals surface area contributed by atoms with Gasteiger partial charge in [-0.25, -0.2) is 17.6 Å². The normalized spacial score (nSPS) is 11.6. The van der Waals surface area contributed by atoms with Gasteiger partial charge in [-0.1, -0.05) is 49.1 Å². The molecule has 4 rings (SSSR count). The number of hydrogen-bond donors (Lipinski definition) is 0. The van der Waals surface area contributed by atoms with Crippen LogP contribution in [-0.2, 0) is 25.7 Å². The monoisotopic (exact) mass is 562 g/mol. The molecule has 0 unspecified atom stereocenters. The van der Waals surface area contributed by atoms with Crippen molar-refractivity contribution < 1.29 is 40.2 Å². The maximum Gasteiger partial charge on any atom is 0.422 e. The molecule has 9 heteroatoms. The van der Waals surface area contributed by atoms with Crippen LogP contribution < -0.4 is 9.47 Å². The summed E-state index contributed by atoms with van der Waals surface area (Å²) in [5.41, 5.74) is 1.89. The fourth-order valence-corrected chi connectivity index (χ4v) is 4.32. The molecule has 0 fully saturated rings. The number of rotatable bonds is 11. The van der Waals surface area contributed by atoms with Crippen molar-refractivity contribution >= 4 is 10.8 Å². The Labute approximate surface area is 226 Å². The first-order valence-corrected chi connectivity index (χ1v) is 12.4. The molecule has 0 aliphatic rings. The quantitative estimate of drug-likeness (QED) is 0.135. The van der Waals surface area contributed by atoms with Crippen LogP contribution in [-0.4, -0.2) is 19.4 Å². The Morgan fingerprint density at radius 1 is 0.675 bits per heavy atom. The van der Waals surface area contributed by atoms with Crippen LogP contribution in [0.1, 0.15) is 22.3 Å². The molecular weight excluding hydrogens is 537 g/mol. The number of alkyl halides is 3. The van der Waals surface area contributed by atoms with E-state index in [2.05, 4.69) is 11.3 Å². The van der Waals surface area contributed by atoms with Crippen LogP contribution in [0.15, 0.2) is 73.3 Å². The van der Waals surface area contributed by atoms with Gasteiger partial charge in [0.1, 0.15) is 24.0 Å². The number of fused-ring (bicyclic) bond motifs is 1.